The van der Waals surface area contributed by atoms with E-state index in [1.807, 2.05) is 0 Å². The van der Waals surface area contributed by atoms with Crippen LogP contribution >= 0.6 is 0 Å². The second kappa shape index (κ2) is 7.05. The number of rotatable bonds is 6. The molecule has 3 rings (SSSR count). The van der Waals surface area contributed by atoms with E-state index in [0.717, 1.165) is 23.9 Å². The van der Waals surface area contributed by atoms with Gasteiger partial charge in [0, 0.05) is 19.1 Å². The van der Waals surface area contributed by atoms with Crippen LogP contribution in [0, 0.1) is 11.3 Å². The maximum atomic E-state index is 3.55. The Balaban J connectivity index is 0.000000172. The first-order valence-electron chi connectivity index (χ1n) is 7.22. The quantitative estimate of drug-likeness (QED) is 0.694. The normalized spacial score (nSPS) is 29.3. The molecule has 100 valence electrons. The van der Waals surface area contributed by atoms with E-state index in [-0.39, 0.29) is 0 Å². The van der Waals surface area contributed by atoms with Crippen molar-refractivity contribution in [3.05, 3.63) is 12.8 Å². The van der Waals surface area contributed by atoms with Gasteiger partial charge in [-0.2, -0.15) is 0 Å². The predicted octanol–water partition coefficient (Wildman–Crippen LogP) is 3.30. The van der Waals surface area contributed by atoms with Gasteiger partial charge >= 0.3 is 0 Å². The van der Waals surface area contributed by atoms with Crippen molar-refractivity contribution in [2.45, 2.75) is 58.9 Å². The lowest BCUT2D eigenvalue weighted by Gasteiger charge is -2.40. The van der Waals surface area contributed by atoms with Crippen LogP contribution in [0.25, 0.3) is 0 Å². The van der Waals surface area contributed by atoms with Gasteiger partial charge in [-0.15, -0.1) is 0 Å². The van der Waals surface area contributed by atoms with Crippen LogP contribution in [0.4, 0.5) is 0 Å². The van der Waals surface area contributed by atoms with Crippen molar-refractivity contribution < 1.29 is 0 Å². The van der Waals surface area contributed by atoms with E-state index in [1.165, 1.54) is 38.6 Å². The summed E-state index contributed by atoms with van der Waals surface area (Å²) in [4.78, 5) is 0. The lowest BCUT2D eigenvalue weighted by atomic mass is 9.63. The first-order valence-corrected chi connectivity index (χ1v) is 7.22. The molecule has 2 N–H and O–H groups in total. The highest BCUT2D eigenvalue weighted by atomic mass is 15.0. The third-order valence-electron chi connectivity index (χ3n) is 4.34. The van der Waals surface area contributed by atoms with Crippen LogP contribution in [0.15, 0.2) is 12.8 Å². The lowest BCUT2D eigenvalue weighted by molar-refractivity contribution is 0.125. The first kappa shape index (κ1) is 14.6. The van der Waals surface area contributed by atoms with Gasteiger partial charge < -0.3 is 10.6 Å². The highest BCUT2D eigenvalue weighted by Crippen LogP contribution is 2.51. The number of unbranched alkanes of at least 4 members (excludes halogenated alkanes) is 2. The van der Waals surface area contributed by atoms with Gasteiger partial charge in [0.1, 0.15) is 0 Å². The largest absolute Gasteiger partial charge is 0.391 e. The molecule has 0 atom stereocenters. The van der Waals surface area contributed by atoms with Gasteiger partial charge in [-0.25, -0.2) is 0 Å². The Hall–Kier alpha value is -0.500. The molecular formula is C15H30N2. The van der Waals surface area contributed by atoms with E-state index in [1.54, 1.807) is 6.20 Å². The van der Waals surface area contributed by atoms with E-state index in [2.05, 4.69) is 38.0 Å². The zero-order valence-electron chi connectivity index (χ0n) is 11.9. The minimum atomic E-state index is 0.727. The van der Waals surface area contributed by atoms with E-state index < -0.39 is 0 Å². The van der Waals surface area contributed by atoms with Crippen LogP contribution < -0.4 is 10.6 Å². The number of hydrogen-bond acceptors (Lipinski definition) is 2. The van der Waals surface area contributed by atoms with Gasteiger partial charge in [-0.05, 0) is 36.8 Å². The average molecular weight is 238 g/mol. The summed E-state index contributed by atoms with van der Waals surface area (Å²) in [6.45, 7) is 12.8. The van der Waals surface area contributed by atoms with Gasteiger partial charge in [-0.3, -0.25) is 0 Å². The molecule has 3 aliphatic rings. The van der Waals surface area contributed by atoms with Crippen LogP contribution in [0.1, 0.15) is 52.9 Å². The molecule has 2 heterocycles. The SMILES string of the molecule is C=CNCCCCC.CC(C)C12CNC(C1)C2. The van der Waals surface area contributed by atoms with Crippen molar-refractivity contribution in [2.75, 3.05) is 13.1 Å². The Morgan fingerprint density at radius 3 is 2.47 bits per heavy atom. The van der Waals surface area contributed by atoms with E-state index in [4.69, 9.17) is 0 Å². The summed E-state index contributed by atoms with van der Waals surface area (Å²) in [6.07, 6.45) is 8.52. The molecule has 2 aliphatic heterocycles. The molecule has 2 heteroatoms. The summed E-state index contributed by atoms with van der Waals surface area (Å²) >= 11 is 0. The predicted molar refractivity (Wildman–Crippen MR) is 76.0 cm³/mol. The average Bonchev–Trinajstić information content (AvgIpc) is 2.85. The second-order valence-corrected chi connectivity index (χ2v) is 5.87. The lowest BCUT2D eigenvalue weighted by Crippen LogP contribution is -2.37. The molecule has 2 nitrogen and oxygen atoms in total. The van der Waals surface area contributed by atoms with Crippen LogP contribution in [0.5, 0.6) is 0 Å². The molecule has 17 heavy (non-hydrogen) atoms. The van der Waals surface area contributed by atoms with Crippen molar-refractivity contribution in [1.29, 1.82) is 0 Å². The molecule has 0 radical (unpaired) electrons. The monoisotopic (exact) mass is 238 g/mol. The maximum absolute atomic E-state index is 3.55. The zero-order valence-corrected chi connectivity index (χ0v) is 11.9. The minimum Gasteiger partial charge on any atom is -0.391 e. The van der Waals surface area contributed by atoms with Crippen LogP contribution in [0.3, 0.4) is 0 Å². The molecule has 0 unspecified atom stereocenters. The third kappa shape index (κ3) is 4.02. The van der Waals surface area contributed by atoms with Crippen LogP contribution in [-0.2, 0) is 0 Å². The van der Waals surface area contributed by atoms with Crippen LogP contribution in [0.2, 0.25) is 0 Å². The fourth-order valence-corrected chi connectivity index (χ4v) is 2.81. The fourth-order valence-electron chi connectivity index (χ4n) is 2.81. The van der Waals surface area contributed by atoms with Crippen molar-refractivity contribution in [3.8, 4) is 0 Å². The van der Waals surface area contributed by atoms with Crippen molar-refractivity contribution >= 4 is 0 Å². The summed E-state index contributed by atoms with van der Waals surface area (Å²) in [5.74, 6) is 0.892. The van der Waals surface area contributed by atoms with Gasteiger partial charge in [-0.1, -0.05) is 40.2 Å². The Bertz CT molecular complexity index is 211. The van der Waals surface area contributed by atoms with E-state index in [9.17, 15) is 0 Å². The minimum absolute atomic E-state index is 0.727. The van der Waals surface area contributed by atoms with Gasteiger partial charge in [0.2, 0.25) is 0 Å². The Morgan fingerprint density at radius 1 is 1.41 bits per heavy atom. The van der Waals surface area contributed by atoms with Crippen LogP contribution in [-0.4, -0.2) is 19.1 Å². The van der Waals surface area contributed by atoms with Gasteiger partial charge in [0.15, 0.2) is 0 Å². The molecule has 1 aliphatic carbocycles. The fraction of sp³-hybridized carbons (Fsp3) is 0.867. The summed E-state index contributed by atoms with van der Waals surface area (Å²) in [7, 11) is 0. The summed E-state index contributed by atoms with van der Waals surface area (Å²) < 4.78 is 0. The molecule has 0 aromatic rings. The van der Waals surface area contributed by atoms with E-state index >= 15 is 0 Å². The molecule has 0 aromatic carbocycles. The Labute approximate surface area is 107 Å². The number of fused-ring (bicyclic) bond motifs is 1. The molecule has 2 saturated heterocycles. The summed E-state index contributed by atoms with van der Waals surface area (Å²) in [5, 5.41) is 6.56. The standard InChI is InChI=1S/C8H15N.C7H15N/c1-6(2)8-3-7(4-8)9-5-8;1-3-5-6-7-8-4-2/h6-7,9H,3-5H2,1-2H3;4,8H,2-3,5-7H2,1H3. The summed E-state index contributed by atoms with van der Waals surface area (Å²) in [5.41, 5.74) is 0.727. The van der Waals surface area contributed by atoms with E-state index in [0.29, 0.717) is 0 Å². The molecule has 3 fully saturated rings. The molecule has 1 saturated carbocycles. The molecular weight excluding hydrogens is 208 g/mol. The highest BCUT2D eigenvalue weighted by Gasteiger charge is 2.51. The maximum Gasteiger partial charge on any atom is 0.0141 e. The summed E-state index contributed by atoms with van der Waals surface area (Å²) in [6, 6.07) is 0.896. The van der Waals surface area contributed by atoms with Gasteiger partial charge in [0.25, 0.3) is 0 Å². The Kier molecular flexibility index (Phi) is 6.04. The highest BCUT2D eigenvalue weighted by molar-refractivity contribution is 5.07. The molecule has 0 amide bonds. The number of hydrogen-bond donors (Lipinski definition) is 2. The van der Waals surface area contributed by atoms with Crippen molar-refractivity contribution in [3.63, 3.8) is 0 Å². The molecule has 0 aromatic heterocycles. The molecule has 0 spiro atoms. The zero-order chi connectivity index (χ0) is 12.7. The second-order valence-electron chi connectivity index (χ2n) is 5.87. The number of nitrogens with one attached hydrogen (secondary N) is 2. The van der Waals surface area contributed by atoms with Crippen molar-refractivity contribution in [2.24, 2.45) is 11.3 Å². The first-order chi connectivity index (χ1) is 8.14. The molecule has 2 bridgehead atoms. The Morgan fingerprint density at radius 2 is 2.12 bits per heavy atom. The topological polar surface area (TPSA) is 24.1 Å². The van der Waals surface area contributed by atoms with Gasteiger partial charge in [0.05, 0.1) is 0 Å². The third-order valence-corrected chi connectivity index (χ3v) is 4.34. The smallest absolute Gasteiger partial charge is 0.0141 e. The van der Waals surface area contributed by atoms with Crippen molar-refractivity contribution in [1.82, 2.24) is 10.6 Å².